The van der Waals surface area contributed by atoms with Crippen LogP contribution in [0.15, 0.2) is 18.2 Å². The van der Waals surface area contributed by atoms with Crippen LogP contribution in [0.4, 0.5) is 4.39 Å². The number of carbonyl (C=O) groups is 1. The van der Waals surface area contributed by atoms with E-state index in [0.29, 0.717) is 36.6 Å². The minimum absolute atomic E-state index is 0.219. The van der Waals surface area contributed by atoms with E-state index in [1.807, 2.05) is 11.8 Å². The summed E-state index contributed by atoms with van der Waals surface area (Å²) in [5.74, 6) is -0.0435. The molecule has 110 valence electrons. The molecule has 0 spiro atoms. The molecular formula is C15H20ClFN2O. The summed E-state index contributed by atoms with van der Waals surface area (Å²) in [6.07, 6.45) is 1.49. The molecule has 0 N–H and O–H groups in total. The maximum absolute atomic E-state index is 13.7. The molecule has 0 bridgehead atoms. The van der Waals surface area contributed by atoms with Crippen molar-refractivity contribution in [3.8, 4) is 0 Å². The molecule has 1 heterocycles. The Bertz CT molecular complexity index is 453. The van der Waals surface area contributed by atoms with Crippen LogP contribution < -0.4 is 0 Å². The first-order valence-corrected chi connectivity index (χ1v) is 7.42. The molecule has 0 atom stereocenters. The molecule has 0 saturated carbocycles. The van der Waals surface area contributed by atoms with Gasteiger partial charge >= 0.3 is 0 Å². The fourth-order valence-electron chi connectivity index (χ4n) is 2.43. The Kier molecular flexibility index (Phi) is 5.38. The third kappa shape index (κ3) is 3.70. The van der Waals surface area contributed by atoms with E-state index in [4.69, 9.17) is 11.6 Å². The lowest BCUT2D eigenvalue weighted by Gasteiger charge is -2.35. The Morgan fingerprint density at radius 2 is 2.00 bits per heavy atom. The molecule has 2 rings (SSSR count). The largest absolute Gasteiger partial charge is 0.340 e. The third-order valence-electron chi connectivity index (χ3n) is 3.63. The molecular weight excluding hydrogens is 279 g/mol. The van der Waals surface area contributed by atoms with E-state index in [2.05, 4.69) is 4.90 Å². The van der Waals surface area contributed by atoms with Gasteiger partial charge in [0.05, 0.1) is 0 Å². The minimum Gasteiger partial charge on any atom is -0.340 e. The summed E-state index contributed by atoms with van der Waals surface area (Å²) < 4.78 is 13.7. The molecule has 3 nitrogen and oxygen atoms in total. The average Bonchev–Trinajstić information content (AvgIpc) is 2.44. The van der Waals surface area contributed by atoms with E-state index < -0.39 is 0 Å². The van der Waals surface area contributed by atoms with Gasteiger partial charge in [0.2, 0.25) is 5.91 Å². The smallest absolute Gasteiger partial charge is 0.222 e. The molecule has 0 aromatic heterocycles. The van der Waals surface area contributed by atoms with Crippen LogP contribution in [0.25, 0.3) is 0 Å². The number of benzene rings is 1. The molecule has 1 aliphatic heterocycles. The number of rotatable bonds is 4. The van der Waals surface area contributed by atoms with Crippen molar-refractivity contribution in [2.24, 2.45) is 0 Å². The Morgan fingerprint density at radius 1 is 1.30 bits per heavy atom. The first kappa shape index (κ1) is 15.3. The van der Waals surface area contributed by atoms with E-state index >= 15 is 0 Å². The second-order valence-electron chi connectivity index (χ2n) is 5.11. The van der Waals surface area contributed by atoms with Gasteiger partial charge in [-0.05, 0) is 18.6 Å². The number of carbonyl (C=O) groups excluding carboxylic acids is 1. The van der Waals surface area contributed by atoms with Gasteiger partial charge in [0.25, 0.3) is 0 Å². The average molecular weight is 299 g/mol. The Labute approximate surface area is 124 Å². The molecule has 1 aliphatic rings. The molecule has 1 aromatic carbocycles. The van der Waals surface area contributed by atoms with Crippen molar-refractivity contribution in [1.82, 2.24) is 9.80 Å². The summed E-state index contributed by atoms with van der Waals surface area (Å²) in [4.78, 5) is 15.8. The van der Waals surface area contributed by atoms with Crippen molar-refractivity contribution in [3.63, 3.8) is 0 Å². The zero-order chi connectivity index (χ0) is 14.5. The zero-order valence-corrected chi connectivity index (χ0v) is 12.5. The van der Waals surface area contributed by atoms with Crippen LogP contribution >= 0.6 is 11.6 Å². The monoisotopic (exact) mass is 298 g/mol. The van der Waals surface area contributed by atoms with Gasteiger partial charge in [-0.15, -0.1) is 0 Å². The van der Waals surface area contributed by atoms with Gasteiger partial charge in [-0.25, -0.2) is 4.39 Å². The molecule has 20 heavy (non-hydrogen) atoms. The Balaban J connectivity index is 1.90. The lowest BCUT2D eigenvalue weighted by Crippen LogP contribution is -2.48. The quantitative estimate of drug-likeness (QED) is 0.853. The van der Waals surface area contributed by atoms with Gasteiger partial charge in [-0.1, -0.05) is 24.6 Å². The summed E-state index contributed by atoms with van der Waals surface area (Å²) in [6.45, 7) is 5.46. The molecule has 1 amide bonds. The fraction of sp³-hybridized carbons (Fsp3) is 0.533. The lowest BCUT2D eigenvalue weighted by molar-refractivity contribution is -0.133. The van der Waals surface area contributed by atoms with Crippen molar-refractivity contribution in [2.45, 2.75) is 26.3 Å². The molecule has 0 aliphatic carbocycles. The van der Waals surface area contributed by atoms with Crippen molar-refractivity contribution >= 4 is 17.5 Å². The molecule has 1 aromatic rings. The highest BCUT2D eigenvalue weighted by Crippen LogP contribution is 2.21. The molecule has 0 unspecified atom stereocenters. The maximum Gasteiger partial charge on any atom is 0.222 e. The first-order chi connectivity index (χ1) is 9.61. The third-order valence-corrected chi connectivity index (χ3v) is 3.99. The van der Waals surface area contributed by atoms with Gasteiger partial charge in [0.1, 0.15) is 5.82 Å². The second-order valence-corrected chi connectivity index (χ2v) is 5.51. The topological polar surface area (TPSA) is 23.6 Å². The molecule has 1 fully saturated rings. The first-order valence-electron chi connectivity index (χ1n) is 7.05. The minimum atomic E-state index is -0.262. The van der Waals surface area contributed by atoms with Gasteiger partial charge in [-0.2, -0.15) is 0 Å². The number of hydrogen-bond acceptors (Lipinski definition) is 2. The molecule has 0 radical (unpaired) electrons. The highest BCUT2D eigenvalue weighted by molar-refractivity contribution is 6.31. The van der Waals surface area contributed by atoms with Crippen LogP contribution in [0.5, 0.6) is 0 Å². The van der Waals surface area contributed by atoms with Crippen LogP contribution in [0, 0.1) is 5.82 Å². The number of amides is 1. The SMILES string of the molecule is CCCC(=O)N1CCN(Cc2c(F)cccc2Cl)CC1. The van der Waals surface area contributed by atoms with Gasteiger partial charge in [0.15, 0.2) is 0 Å². The number of piperazine rings is 1. The number of halogens is 2. The highest BCUT2D eigenvalue weighted by atomic mass is 35.5. The van der Waals surface area contributed by atoms with Crippen LogP contribution in [0.3, 0.4) is 0 Å². The summed E-state index contributed by atoms with van der Waals surface area (Å²) in [5, 5.41) is 0.467. The van der Waals surface area contributed by atoms with E-state index in [9.17, 15) is 9.18 Å². The second kappa shape index (κ2) is 7.04. The van der Waals surface area contributed by atoms with Crippen molar-refractivity contribution in [2.75, 3.05) is 26.2 Å². The summed E-state index contributed by atoms with van der Waals surface area (Å²) in [5.41, 5.74) is 0.544. The van der Waals surface area contributed by atoms with E-state index in [1.165, 1.54) is 6.07 Å². The van der Waals surface area contributed by atoms with Crippen molar-refractivity contribution in [1.29, 1.82) is 0 Å². The summed E-state index contributed by atoms with van der Waals surface area (Å²) >= 11 is 6.04. The maximum atomic E-state index is 13.7. The number of nitrogens with zero attached hydrogens (tertiary/aromatic N) is 2. The highest BCUT2D eigenvalue weighted by Gasteiger charge is 2.21. The predicted octanol–water partition coefficient (Wildman–Crippen LogP) is 2.92. The van der Waals surface area contributed by atoms with Crippen LogP contribution in [-0.4, -0.2) is 41.9 Å². The molecule has 1 saturated heterocycles. The van der Waals surface area contributed by atoms with Crippen LogP contribution in [0.1, 0.15) is 25.3 Å². The number of hydrogen-bond donors (Lipinski definition) is 0. The van der Waals surface area contributed by atoms with Gasteiger partial charge < -0.3 is 4.90 Å². The Morgan fingerprint density at radius 3 is 2.60 bits per heavy atom. The Hall–Kier alpha value is -1.13. The zero-order valence-electron chi connectivity index (χ0n) is 11.7. The van der Waals surface area contributed by atoms with Crippen LogP contribution in [-0.2, 0) is 11.3 Å². The van der Waals surface area contributed by atoms with Gasteiger partial charge in [-0.3, -0.25) is 9.69 Å². The molecule has 5 heteroatoms. The van der Waals surface area contributed by atoms with Crippen molar-refractivity contribution < 1.29 is 9.18 Å². The normalized spacial score (nSPS) is 16.4. The predicted molar refractivity (Wildman–Crippen MR) is 78.2 cm³/mol. The fourth-order valence-corrected chi connectivity index (χ4v) is 2.66. The van der Waals surface area contributed by atoms with Gasteiger partial charge in [0, 0.05) is 49.7 Å². The van der Waals surface area contributed by atoms with Crippen LogP contribution in [0.2, 0.25) is 5.02 Å². The summed E-state index contributed by atoms with van der Waals surface area (Å²) in [6, 6.07) is 4.76. The van der Waals surface area contributed by atoms with E-state index in [1.54, 1.807) is 12.1 Å². The van der Waals surface area contributed by atoms with E-state index in [-0.39, 0.29) is 11.7 Å². The van der Waals surface area contributed by atoms with Crippen molar-refractivity contribution in [3.05, 3.63) is 34.6 Å². The lowest BCUT2D eigenvalue weighted by atomic mass is 10.1. The summed E-state index contributed by atoms with van der Waals surface area (Å²) in [7, 11) is 0. The standard InChI is InChI=1S/C15H20ClFN2O/c1-2-4-15(20)19-9-7-18(8-10-19)11-12-13(16)5-3-6-14(12)17/h3,5-6H,2,4,7-11H2,1H3. The van der Waals surface area contributed by atoms with E-state index in [0.717, 1.165) is 19.5 Å².